The third kappa shape index (κ3) is 5.99. The van der Waals surface area contributed by atoms with E-state index >= 15 is 13.2 Å². The maximum absolute atomic E-state index is 15.1. The van der Waals surface area contributed by atoms with E-state index in [1.54, 1.807) is 24.3 Å². The van der Waals surface area contributed by atoms with Crippen LogP contribution in [0.15, 0.2) is 176 Å². The molecule has 0 amide bonds. The zero-order valence-corrected chi connectivity index (χ0v) is 39.4. The van der Waals surface area contributed by atoms with E-state index in [4.69, 9.17) is 0 Å². The Morgan fingerprint density at radius 3 is 1.46 bits per heavy atom. The topological polar surface area (TPSA) is 33.6 Å². The van der Waals surface area contributed by atoms with Crippen molar-refractivity contribution in [2.75, 3.05) is 0 Å². The molecule has 72 heavy (non-hydrogen) atoms. The van der Waals surface area contributed by atoms with Crippen LogP contribution >= 0.6 is 0 Å². The summed E-state index contributed by atoms with van der Waals surface area (Å²) in [5.41, 5.74) is 11.6. The zero-order chi connectivity index (χ0) is 49.8. The van der Waals surface area contributed by atoms with E-state index in [-0.39, 0.29) is 17.0 Å². The van der Waals surface area contributed by atoms with E-state index in [2.05, 4.69) is 122 Å². The van der Waals surface area contributed by atoms with Crippen molar-refractivity contribution >= 4 is 43.6 Å². The molecule has 0 radical (unpaired) electrons. The van der Waals surface area contributed by atoms with E-state index in [9.17, 15) is 18.4 Å². The zero-order valence-electron chi connectivity index (χ0n) is 39.4. The minimum atomic E-state index is -5.12. The summed E-state index contributed by atoms with van der Waals surface area (Å²) < 4.78 is 91.9. The van der Waals surface area contributed by atoms with Gasteiger partial charge in [-0.2, -0.15) is 31.6 Å². The molecule has 9 aromatic carbocycles. The van der Waals surface area contributed by atoms with Crippen LogP contribution in [0.2, 0.25) is 0 Å². The van der Waals surface area contributed by atoms with Gasteiger partial charge in [0.25, 0.3) is 0 Å². The fraction of sp³-hybridized carbons (Fsp3) is 0.127. The molecule has 0 unspecified atom stereocenters. The Kier molecular flexibility index (Phi) is 9.00. The van der Waals surface area contributed by atoms with Crippen molar-refractivity contribution in [2.45, 2.75) is 50.9 Å². The average Bonchev–Trinajstić information content (AvgIpc) is 4.04. The van der Waals surface area contributed by atoms with Crippen molar-refractivity contribution in [2.24, 2.45) is 0 Å². The monoisotopic (exact) mass is 953 g/mol. The van der Waals surface area contributed by atoms with E-state index < -0.39 is 34.5 Å². The van der Waals surface area contributed by atoms with Gasteiger partial charge in [0.15, 0.2) is 0 Å². The maximum Gasteiger partial charge on any atom is 0.417 e. The Labute approximate surface area is 410 Å². The Bertz CT molecular complexity index is 4210. The van der Waals surface area contributed by atoms with Crippen molar-refractivity contribution in [3.05, 3.63) is 215 Å². The van der Waals surface area contributed by atoms with Crippen molar-refractivity contribution < 1.29 is 26.3 Å². The molecular formula is C63H41F6N3. The molecule has 0 fully saturated rings. The van der Waals surface area contributed by atoms with Gasteiger partial charge in [-0.25, -0.2) is 0 Å². The van der Waals surface area contributed by atoms with Gasteiger partial charge in [0.05, 0.1) is 56.2 Å². The summed E-state index contributed by atoms with van der Waals surface area (Å²) in [6, 6.07) is 56.2. The highest BCUT2D eigenvalue weighted by Crippen LogP contribution is 2.56. The van der Waals surface area contributed by atoms with Gasteiger partial charge in [-0.05, 0) is 116 Å². The van der Waals surface area contributed by atoms with Crippen LogP contribution in [0.5, 0.6) is 0 Å². The van der Waals surface area contributed by atoms with E-state index in [0.717, 1.165) is 77.5 Å². The van der Waals surface area contributed by atoms with Crippen molar-refractivity contribution in [1.29, 1.82) is 5.26 Å². The second-order valence-corrected chi connectivity index (χ2v) is 20.1. The molecule has 2 aliphatic rings. The first-order valence-corrected chi connectivity index (χ1v) is 23.8. The van der Waals surface area contributed by atoms with Crippen LogP contribution in [-0.4, -0.2) is 9.13 Å². The van der Waals surface area contributed by atoms with Crippen LogP contribution in [-0.2, 0) is 23.2 Å². The van der Waals surface area contributed by atoms with E-state index in [0.29, 0.717) is 34.1 Å². The van der Waals surface area contributed by atoms with Crippen molar-refractivity contribution in [3.63, 3.8) is 0 Å². The normalized spacial score (nSPS) is 14.5. The SMILES string of the molecule is CC1(C)c2ccccc2-c2ccc3c(c21)c1ccccc1n3-c1ccc(-c2ccc(C(F)(F)F)cc2C(F)(F)F)cc1-c1ccc(C#N)cc1-n1c2ccccc2c2c3c(ccc21)-c1ccccc1C3(C)C. The van der Waals surface area contributed by atoms with Crippen LogP contribution in [0.25, 0.3) is 99.5 Å². The molecule has 0 aliphatic heterocycles. The molecule has 0 saturated carbocycles. The largest absolute Gasteiger partial charge is 0.417 e. The molecule has 9 heteroatoms. The molecule has 2 aromatic heterocycles. The molecule has 0 bridgehead atoms. The van der Waals surface area contributed by atoms with Gasteiger partial charge in [-0.3, -0.25) is 0 Å². The summed E-state index contributed by atoms with van der Waals surface area (Å²) in [6.07, 6.45) is -10.1. The summed E-state index contributed by atoms with van der Waals surface area (Å²) in [5, 5.41) is 14.7. The lowest BCUT2D eigenvalue weighted by Gasteiger charge is -2.23. The smallest absolute Gasteiger partial charge is 0.309 e. The van der Waals surface area contributed by atoms with Crippen LogP contribution in [0.4, 0.5) is 26.3 Å². The number of rotatable bonds is 4. The number of nitrogens with zero attached hydrogens (tertiary/aromatic N) is 3. The summed E-state index contributed by atoms with van der Waals surface area (Å²) in [7, 11) is 0. The van der Waals surface area contributed by atoms with Gasteiger partial charge in [0.1, 0.15) is 0 Å². The van der Waals surface area contributed by atoms with Gasteiger partial charge in [-0.1, -0.05) is 143 Å². The second kappa shape index (κ2) is 14.8. The molecule has 3 nitrogen and oxygen atoms in total. The predicted molar refractivity (Wildman–Crippen MR) is 276 cm³/mol. The summed E-state index contributed by atoms with van der Waals surface area (Å²) in [5.74, 6) is 0. The Morgan fingerprint density at radius 1 is 0.417 bits per heavy atom. The summed E-state index contributed by atoms with van der Waals surface area (Å²) in [6.45, 7) is 8.94. The molecule has 11 aromatic rings. The van der Waals surface area contributed by atoms with Gasteiger partial charge in [-0.15, -0.1) is 0 Å². The molecule has 0 N–H and O–H groups in total. The van der Waals surface area contributed by atoms with Crippen LogP contribution in [0.1, 0.15) is 66.6 Å². The first kappa shape index (κ1) is 43.7. The molecule has 0 spiro atoms. The third-order valence-electron chi connectivity index (χ3n) is 15.6. The Balaban J connectivity index is 1.15. The van der Waals surface area contributed by atoms with E-state index in [1.807, 2.05) is 54.6 Å². The number of nitriles is 1. The van der Waals surface area contributed by atoms with Crippen LogP contribution in [0.3, 0.4) is 0 Å². The van der Waals surface area contributed by atoms with E-state index in [1.165, 1.54) is 16.7 Å². The number of para-hydroxylation sites is 2. The number of alkyl halides is 6. The molecule has 2 heterocycles. The van der Waals surface area contributed by atoms with Crippen LogP contribution < -0.4 is 0 Å². The van der Waals surface area contributed by atoms with Gasteiger partial charge < -0.3 is 9.13 Å². The average molecular weight is 954 g/mol. The molecule has 350 valence electrons. The molecular weight excluding hydrogens is 913 g/mol. The maximum atomic E-state index is 15.1. The summed E-state index contributed by atoms with van der Waals surface area (Å²) >= 11 is 0. The quantitative estimate of drug-likeness (QED) is 0.162. The fourth-order valence-corrected chi connectivity index (χ4v) is 12.5. The number of hydrogen-bond acceptors (Lipinski definition) is 1. The molecule has 0 atom stereocenters. The molecule has 0 saturated heterocycles. The Hall–Kier alpha value is -8.35. The minimum absolute atomic E-state index is 0.0721. The lowest BCUT2D eigenvalue weighted by molar-refractivity contribution is -0.142. The first-order valence-electron chi connectivity index (χ1n) is 23.8. The van der Waals surface area contributed by atoms with Crippen molar-refractivity contribution in [1.82, 2.24) is 9.13 Å². The number of benzene rings is 9. The molecule has 13 rings (SSSR count). The third-order valence-corrected chi connectivity index (χ3v) is 15.6. The Morgan fingerprint density at radius 2 is 0.917 bits per heavy atom. The second-order valence-electron chi connectivity index (χ2n) is 20.1. The first-order chi connectivity index (χ1) is 34.5. The van der Waals surface area contributed by atoms with Crippen molar-refractivity contribution in [3.8, 4) is 62.0 Å². The summed E-state index contributed by atoms with van der Waals surface area (Å²) in [4.78, 5) is 0. The van der Waals surface area contributed by atoms with Gasteiger partial charge >= 0.3 is 12.4 Å². The minimum Gasteiger partial charge on any atom is -0.309 e. The fourth-order valence-electron chi connectivity index (χ4n) is 12.5. The van der Waals surface area contributed by atoms with Crippen LogP contribution in [0, 0.1) is 11.3 Å². The highest BCUT2D eigenvalue weighted by atomic mass is 19.4. The lowest BCUT2D eigenvalue weighted by atomic mass is 9.80. The number of fused-ring (bicyclic) bond motifs is 14. The number of aromatic nitrogens is 2. The molecule has 2 aliphatic carbocycles. The highest BCUT2D eigenvalue weighted by molar-refractivity contribution is 6.16. The van der Waals surface area contributed by atoms with Gasteiger partial charge in [0.2, 0.25) is 0 Å². The lowest BCUT2D eigenvalue weighted by Crippen LogP contribution is -2.15. The highest BCUT2D eigenvalue weighted by Gasteiger charge is 2.41. The predicted octanol–water partition coefficient (Wildman–Crippen LogP) is 17.7. The number of hydrogen-bond donors (Lipinski definition) is 0. The number of halogens is 6. The van der Waals surface area contributed by atoms with Gasteiger partial charge in [0, 0.05) is 43.5 Å². The standard InChI is InChI=1S/C63H41F6N3/c1-60(2)47-17-9-5-13-39(47)42-26-29-53-56(58(42)60)44-15-7-11-19-50(44)71(53)52-28-22-36(38-25-23-37(62(64,65)66)33-49(38)63(67,68)69)32-46(52)41-24-21-35(34-70)31-55(41)72-51-20-12-8-16-45(51)57-54(72)30-27-43-40-14-6-10-18-48(40)61(3,4)59(43)57/h5-33H,1-4H3.